The molecule has 0 unspecified atom stereocenters. The zero-order valence-corrected chi connectivity index (χ0v) is 12.5. The summed E-state index contributed by atoms with van der Waals surface area (Å²) in [6, 6.07) is 0. The molecule has 0 N–H and O–H groups in total. The van der Waals surface area contributed by atoms with E-state index in [0.717, 1.165) is 17.7 Å². The number of hydrogen-bond donors (Lipinski definition) is 0. The summed E-state index contributed by atoms with van der Waals surface area (Å²) in [5.41, 5.74) is 0. The van der Waals surface area contributed by atoms with Gasteiger partial charge >= 0.3 is 6.18 Å². The zero-order valence-electron chi connectivity index (χ0n) is 10.9. The van der Waals surface area contributed by atoms with Gasteiger partial charge in [-0.3, -0.25) is 4.79 Å². The minimum Gasteiger partial charge on any atom is -0.333 e. The first-order valence-electron chi connectivity index (χ1n) is 6.27. The Kier molecular flexibility index (Phi) is 8.65. The second-order valence-corrected chi connectivity index (χ2v) is 5.13. The van der Waals surface area contributed by atoms with E-state index in [-0.39, 0.29) is 18.4 Å². The lowest BCUT2D eigenvalue weighted by molar-refractivity contribution is -0.163. The highest BCUT2D eigenvalue weighted by molar-refractivity contribution is 9.09. The summed E-state index contributed by atoms with van der Waals surface area (Å²) >= 11 is 3.09. The second kappa shape index (κ2) is 8.77. The van der Waals surface area contributed by atoms with Crippen molar-refractivity contribution in [2.24, 2.45) is 5.92 Å². The summed E-state index contributed by atoms with van der Waals surface area (Å²) in [6.45, 7) is 2.83. The quantitative estimate of drug-likeness (QED) is 0.616. The lowest BCUT2D eigenvalue weighted by Gasteiger charge is -2.27. The minimum absolute atomic E-state index is 0.0995. The summed E-state index contributed by atoms with van der Waals surface area (Å²) in [4.78, 5) is 13.0. The van der Waals surface area contributed by atoms with E-state index in [9.17, 15) is 18.0 Å². The van der Waals surface area contributed by atoms with Gasteiger partial charge < -0.3 is 4.90 Å². The largest absolute Gasteiger partial charge is 0.406 e. The lowest BCUT2D eigenvalue weighted by Crippen LogP contribution is -2.43. The topological polar surface area (TPSA) is 20.3 Å². The monoisotopic (exact) mass is 331 g/mol. The molecule has 0 radical (unpaired) electrons. The maximum absolute atomic E-state index is 12.4. The maximum atomic E-state index is 12.4. The fourth-order valence-electron chi connectivity index (χ4n) is 1.93. The number of nitrogens with zero attached hydrogens (tertiary/aromatic N) is 1. The van der Waals surface area contributed by atoms with E-state index in [1.54, 1.807) is 0 Å². The molecule has 0 aliphatic rings. The van der Waals surface area contributed by atoms with Gasteiger partial charge in [0.25, 0.3) is 0 Å². The first kappa shape index (κ1) is 17.7. The molecule has 0 atom stereocenters. The average molecular weight is 332 g/mol. The molecule has 0 rings (SSSR count). The van der Waals surface area contributed by atoms with Crippen molar-refractivity contribution in [1.82, 2.24) is 4.90 Å². The SMILES string of the molecule is CCCC(CCC)C(=O)N(CCBr)CC(F)(F)F. The summed E-state index contributed by atoms with van der Waals surface area (Å²) < 4.78 is 37.2. The van der Waals surface area contributed by atoms with E-state index in [1.807, 2.05) is 13.8 Å². The van der Waals surface area contributed by atoms with Crippen LogP contribution in [-0.4, -0.2) is 35.4 Å². The number of carbonyl (C=O) groups is 1. The number of amides is 1. The Morgan fingerprint density at radius 3 is 2.06 bits per heavy atom. The smallest absolute Gasteiger partial charge is 0.333 e. The van der Waals surface area contributed by atoms with E-state index in [1.165, 1.54) is 0 Å². The third-order valence-electron chi connectivity index (χ3n) is 2.66. The molecule has 0 aromatic carbocycles. The van der Waals surface area contributed by atoms with E-state index < -0.39 is 12.7 Å². The molecule has 0 aliphatic carbocycles. The molecule has 0 fully saturated rings. The number of rotatable bonds is 8. The van der Waals surface area contributed by atoms with E-state index in [2.05, 4.69) is 15.9 Å². The fourth-order valence-corrected chi connectivity index (χ4v) is 2.36. The molecule has 2 nitrogen and oxygen atoms in total. The Morgan fingerprint density at radius 1 is 1.22 bits per heavy atom. The van der Waals surface area contributed by atoms with Gasteiger partial charge in [0.05, 0.1) is 0 Å². The van der Waals surface area contributed by atoms with Crippen molar-refractivity contribution >= 4 is 21.8 Å². The molecule has 0 aromatic rings. The van der Waals surface area contributed by atoms with Gasteiger partial charge in [0.15, 0.2) is 0 Å². The first-order valence-corrected chi connectivity index (χ1v) is 7.39. The van der Waals surface area contributed by atoms with Crippen LogP contribution in [0.1, 0.15) is 39.5 Å². The standard InChI is InChI=1S/C12H21BrF3NO/c1-3-5-10(6-4-2)11(18)17(8-7-13)9-12(14,15)16/h10H,3-9H2,1-2H3. The molecule has 0 heterocycles. The Hall–Kier alpha value is -0.260. The molecule has 6 heteroatoms. The predicted molar refractivity (Wildman–Crippen MR) is 69.7 cm³/mol. The molecule has 0 aromatic heterocycles. The number of alkyl halides is 4. The van der Waals surface area contributed by atoms with Crippen LogP contribution in [0.3, 0.4) is 0 Å². The summed E-state index contributed by atoms with van der Waals surface area (Å²) in [5, 5.41) is 0.361. The highest BCUT2D eigenvalue weighted by Gasteiger charge is 2.34. The minimum atomic E-state index is -4.33. The molecule has 108 valence electrons. The fraction of sp³-hybridized carbons (Fsp3) is 0.917. The van der Waals surface area contributed by atoms with Crippen molar-refractivity contribution in [2.75, 3.05) is 18.4 Å². The van der Waals surface area contributed by atoms with Crippen molar-refractivity contribution in [1.29, 1.82) is 0 Å². The summed E-state index contributed by atoms with van der Waals surface area (Å²) in [7, 11) is 0. The number of carbonyl (C=O) groups excluding carboxylic acids is 1. The Balaban J connectivity index is 4.69. The summed E-state index contributed by atoms with van der Waals surface area (Å²) in [5.74, 6) is -0.642. The van der Waals surface area contributed by atoms with Gasteiger partial charge in [0.1, 0.15) is 6.54 Å². The second-order valence-electron chi connectivity index (χ2n) is 4.34. The maximum Gasteiger partial charge on any atom is 0.406 e. The van der Waals surface area contributed by atoms with E-state index in [0.29, 0.717) is 18.2 Å². The van der Waals surface area contributed by atoms with Gasteiger partial charge in [-0.25, -0.2) is 0 Å². The normalized spacial score (nSPS) is 11.9. The van der Waals surface area contributed by atoms with Gasteiger partial charge in [-0.15, -0.1) is 0 Å². The third kappa shape index (κ3) is 7.24. The third-order valence-corrected chi connectivity index (χ3v) is 3.01. The Labute approximate surface area is 115 Å². The molecular formula is C12H21BrF3NO. The molecule has 0 spiro atoms. The van der Waals surface area contributed by atoms with Crippen molar-refractivity contribution in [2.45, 2.75) is 45.7 Å². The Morgan fingerprint density at radius 2 is 1.72 bits per heavy atom. The van der Waals surface area contributed by atoms with Crippen LogP contribution in [0.2, 0.25) is 0 Å². The molecule has 0 bridgehead atoms. The van der Waals surface area contributed by atoms with Crippen LogP contribution in [-0.2, 0) is 4.79 Å². The van der Waals surface area contributed by atoms with Crippen molar-refractivity contribution in [3.8, 4) is 0 Å². The van der Waals surface area contributed by atoms with Crippen LogP contribution in [0, 0.1) is 5.92 Å². The predicted octanol–water partition coefficient (Wildman–Crippen LogP) is 3.99. The van der Waals surface area contributed by atoms with Crippen LogP contribution in [0.4, 0.5) is 13.2 Å². The van der Waals surface area contributed by atoms with Gasteiger partial charge in [0.2, 0.25) is 5.91 Å². The van der Waals surface area contributed by atoms with E-state index >= 15 is 0 Å². The molecule has 0 saturated heterocycles. The Bertz CT molecular complexity index is 240. The molecule has 0 aliphatic heterocycles. The molecule has 0 saturated carbocycles. The van der Waals surface area contributed by atoms with Crippen molar-refractivity contribution in [3.05, 3.63) is 0 Å². The van der Waals surface area contributed by atoms with Crippen LogP contribution in [0.15, 0.2) is 0 Å². The average Bonchev–Trinajstić information content (AvgIpc) is 2.25. The molecular weight excluding hydrogens is 311 g/mol. The van der Waals surface area contributed by atoms with Gasteiger partial charge in [-0.1, -0.05) is 42.6 Å². The van der Waals surface area contributed by atoms with Crippen LogP contribution in [0.25, 0.3) is 0 Å². The van der Waals surface area contributed by atoms with E-state index in [4.69, 9.17) is 0 Å². The van der Waals surface area contributed by atoms with Gasteiger partial charge in [-0.2, -0.15) is 13.2 Å². The van der Waals surface area contributed by atoms with Crippen molar-refractivity contribution < 1.29 is 18.0 Å². The lowest BCUT2D eigenvalue weighted by atomic mass is 9.96. The molecule has 1 amide bonds. The van der Waals surface area contributed by atoms with Crippen LogP contribution < -0.4 is 0 Å². The molecule has 18 heavy (non-hydrogen) atoms. The van der Waals surface area contributed by atoms with Gasteiger partial charge in [-0.05, 0) is 12.8 Å². The zero-order chi connectivity index (χ0) is 14.2. The van der Waals surface area contributed by atoms with Gasteiger partial charge in [0, 0.05) is 17.8 Å². The first-order chi connectivity index (χ1) is 8.35. The number of halogens is 4. The van der Waals surface area contributed by atoms with Crippen LogP contribution >= 0.6 is 15.9 Å². The van der Waals surface area contributed by atoms with Crippen molar-refractivity contribution in [3.63, 3.8) is 0 Å². The highest BCUT2D eigenvalue weighted by Crippen LogP contribution is 2.21. The highest BCUT2D eigenvalue weighted by atomic mass is 79.9. The summed E-state index contributed by atoms with van der Waals surface area (Å²) in [6.07, 6.45) is -1.40. The van der Waals surface area contributed by atoms with Crippen LogP contribution in [0.5, 0.6) is 0 Å². The number of hydrogen-bond acceptors (Lipinski definition) is 1.